The summed E-state index contributed by atoms with van der Waals surface area (Å²) in [6, 6.07) is 8.15. The van der Waals surface area contributed by atoms with E-state index in [1.165, 1.54) is 11.0 Å². The van der Waals surface area contributed by atoms with E-state index in [9.17, 15) is 19.2 Å². The molecule has 8 nitrogen and oxygen atoms in total. The van der Waals surface area contributed by atoms with Gasteiger partial charge in [-0.15, -0.1) is 0 Å². The highest BCUT2D eigenvalue weighted by Crippen LogP contribution is 2.30. The summed E-state index contributed by atoms with van der Waals surface area (Å²) in [4.78, 5) is 57.7. The lowest BCUT2D eigenvalue weighted by atomic mass is 9.96. The highest BCUT2D eigenvalue weighted by Gasteiger charge is 2.42. The first-order chi connectivity index (χ1) is 15.7. The second-order valence-electron chi connectivity index (χ2n) is 9.56. The average molecular weight is 449 g/mol. The summed E-state index contributed by atoms with van der Waals surface area (Å²) in [5.74, 6) is -0.737. The van der Waals surface area contributed by atoms with Crippen LogP contribution < -0.4 is 5.32 Å². The Hall–Kier alpha value is -3.55. The Labute approximate surface area is 193 Å². The van der Waals surface area contributed by atoms with Gasteiger partial charge in [0.25, 0.3) is 23.6 Å². The molecule has 8 heteroatoms. The first kappa shape index (κ1) is 22.6. The smallest absolute Gasteiger partial charge is 0.262 e. The highest BCUT2D eigenvalue weighted by atomic mass is 16.2. The van der Waals surface area contributed by atoms with Crippen LogP contribution >= 0.6 is 0 Å². The van der Waals surface area contributed by atoms with Crippen LogP contribution in [0.3, 0.4) is 0 Å². The predicted octanol–water partition coefficient (Wildman–Crippen LogP) is 2.76. The number of piperidine rings is 1. The second-order valence-corrected chi connectivity index (χ2v) is 9.56. The van der Waals surface area contributed by atoms with Gasteiger partial charge < -0.3 is 10.2 Å². The molecule has 0 spiro atoms. The van der Waals surface area contributed by atoms with Crippen molar-refractivity contribution in [3.63, 3.8) is 0 Å². The molecule has 4 rings (SSSR count). The predicted molar refractivity (Wildman–Crippen MR) is 122 cm³/mol. The van der Waals surface area contributed by atoms with Gasteiger partial charge in [0.15, 0.2) is 0 Å². The van der Waals surface area contributed by atoms with Gasteiger partial charge >= 0.3 is 0 Å². The molecule has 4 amide bonds. The van der Waals surface area contributed by atoms with Crippen LogP contribution in [0.4, 0.5) is 0 Å². The number of carbonyl (C=O) groups is 4. The first-order valence-electron chi connectivity index (χ1n) is 11.2. The van der Waals surface area contributed by atoms with Crippen molar-refractivity contribution in [3.05, 3.63) is 65.0 Å². The summed E-state index contributed by atoms with van der Waals surface area (Å²) in [7, 11) is 0. The van der Waals surface area contributed by atoms with E-state index in [4.69, 9.17) is 0 Å². The Morgan fingerprint density at radius 1 is 1.03 bits per heavy atom. The Balaban J connectivity index is 1.33. The Morgan fingerprint density at radius 3 is 2.36 bits per heavy atom. The molecule has 1 N–H and O–H groups in total. The van der Waals surface area contributed by atoms with Gasteiger partial charge in [0.1, 0.15) is 0 Å². The van der Waals surface area contributed by atoms with Gasteiger partial charge in [-0.3, -0.25) is 29.1 Å². The van der Waals surface area contributed by atoms with Crippen molar-refractivity contribution < 1.29 is 19.2 Å². The monoisotopic (exact) mass is 448 g/mol. The molecule has 0 atom stereocenters. The maximum absolute atomic E-state index is 12.8. The normalized spacial score (nSPS) is 16.7. The Morgan fingerprint density at radius 2 is 1.73 bits per heavy atom. The third-order valence-electron chi connectivity index (χ3n) is 6.18. The summed E-state index contributed by atoms with van der Waals surface area (Å²) in [5, 5.41) is 2.94. The molecule has 1 fully saturated rings. The molecular formula is C25H28N4O4. The zero-order valence-electron chi connectivity index (χ0n) is 19.1. The van der Waals surface area contributed by atoms with Crippen molar-refractivity contribution in [2.45, 2.75) is 39.2 Å². The van der Waals surface area contributed by atoms with Crippen LogP contribution in [0.5, 0.6) is 0 Å². The number of nitrogens with zero attached hydrogens (tertiary/aromatic N) is 3. The lowest BCUT2D eigenvalue weighted by Gasteiger charge is -2.32. The van der Waals surface area contributed by atoms with E-state index < -0.39 is 5.54 Å². The summed E-state index contributed by atoms with van der Waals surface area (Å²) >= 11 is 0. The van der Waals surface area contributed by atoms with Crippen molar-refractivity contribution in [1.29, 1.82) is 0 Å². The summed E-state index contributed by atoms with van der Waals surface area (Å²) in [6.07, 6.45) is 4.80. The number of pyridine rings is 1. The van der Waals surface area contributed by atoms with E-state index >= 15 is 0 Å². The Kier molecular flexibility index (Phi) is 6.01. The van der Waals surface area contributed by atoms with Gasteiger partial charge in [0.05, 0.1) is 16.7 Å². The zero-order chi connectivity index (χ0) is 23.8. The molecule has 3 heterocycles. The number of nitrogens with one attached hydrogen (secondary N) is 1. The minimum atomic E-state index is -0.636. The van der Waals surface area contributed by atoms with Crippen molar-refractivity contribution in [3.8, 4) is 0 Å². The number of hydrogen-bond donors (Lipinski definition) is 1. The minimum absolute atomic E-state index is 0.0211. The minimum Gasteiger partial charge on any atom is -0.352 e. The number of hydrogen-bond acceptors (Lipinski definition) is 5. The van der Waals surface area contributed by atoms with Gasteiger partial charge in [-0.25, -0.2) is 0 Å². The van der Waals surface area contributed by atoms with Crippen molar-refractivity contribution >= 4 is 23.6 Å². The van der Waals surface area contributed by atoms with Crippen LogP contribution in [-0.4, -0.2) is 63.6 Å². The maximum atomic E-state index is 12.8. The van der Waals surface area contributed by atoms with Crippen LogP contribution in [0.2, 0.25) is 0 Å². The van der Waals surface area contributed by atoms with Gasteiger partial charge in [-0.2, -0.15) is 0 Å². The average Bonchev–Trinajstić information content (AvgIpc) is 3.07. The fourth-order valence-electron chi connectivity index (χ4n) is 4.34. The molecule has 0 unspecified atom stereocenters. The van der Waals surface area contributed by atoms with Crippen LogP contribution in [0.15, 0.2) is 42.7 Å². The summed E-state index contributed by atoms with van der Waals surface area (Å²) in [6.45, 7) is 7.16. The number of aromatic nitrogens is 1. The van der Waals surface area contributed by atoms with Gasteiger partial charge in [-0.05, 0) is 69.9 Å². The summed E-state index contributed by atoms with van der Waals surface area (Å²) < 4.78 is 0. The third kappa shape index (κ3) is 4.51. The molecule has 33 heavy (non-hydrogen) atoms. The van der Waals surface area contributed by atoms with E-state index in [-0.39, 0.29) is 35.1 Å². The van der Waals surface area contributed by atoms with E-state index in [0.717, 1.165) is 12.8 Å². The second kappa shape index (κ2) is 8.77. The van der Waals surface area contributed by atoms with Gasteiger partial charge in [-0.1, -0.05) is 0 Å². The molecule has 1 aromatic carbocycles. The molecule has 2 aliphatic rings. The van der Waals surface area contributed by atoms with Crippen molar-refractivity contribution in [2.75, 3.05) is 19.6 Å². The van der Waals surface area contributed by atoms with Crippen LogP contribution in [0.25, 0.3) is 0 Å². The number of likely N-dealkylation sites (tertiary alicyclic amines) is 1. The molecule has 1 aromatic heterocycles. The maximum Gasteiger partial charge on any atom is 0.262 e. The zero-order valence-corrected chi connectivity index (χ0v) is 19.1. The van der Waals surface area contributed by atoms with Crippen LogP contribution in [-0.2, 0) is 0 Å². The molecule has 0 radical (unpaired) electrons. The standard InChI is InChI=1S/C25H28N4O4/c1-25(2,3)29-23(32)19-7-6-17(13-20(19)24(29)33)21(30)27-14-16-8-11-28(12-9-16)22(31)18-5-4-10-26-15-18/h4-7,10,13,15-16H,8-9,11-12,14H2,1-3H3,(H,27,30). The van der Waals surface area contributed by atoms with Gasteiger partial charge in [0, 0.05) is 43.1 Å². The van der Waals surface area contributed by atoms with E-state index in [1.54, 1.807) is 57.4 Å². The molecule has 172 valence electrons. The van der Waals surface area contributed by atoms with E-state index in [0.29, 0.717) is 36.3 Å². The third-order valence-corrected chi connectivity index (χ3v) is 6.18. The Bertz CT molecular complexity index is 1100. The SMILES string of the molecule is CC(C)(C)N1C(=O)c2ccc(C(=O)NCC3CCN(C(=O)c4cccnc4)CC3)cc2C1=O. The molecule has 1 saturated heterocycles. The number of rotatable bonds is 4. The quantitative estimate of drug-likeness (QED) is 0.725. The lowest BCUT2D eigenvalue weighted by Crippen LogP contribution is -2.45. The molecular weight excluding hydrogens is 420 g/mol. The molecule has 2 aromatic rings. The van der Waals surface area contributed by atoms with Gasteiger partial charge in [0.2, 0.25) is 0 Å². The van der Waals surface area contributed by atoms with E-state index in [2.05, 4.69) is 10.3 Å². The fourth-order valence-corrected chi connectivity index (χ4v) is 4.34. The number of amides is 4. The number of imide groups is 1. The molecule has 0 aliphatic carbocycles. The topological polar surface area (TPSA) is 99.7 Å². The van der Waals surface area contributed by atoms with Crippen molar-refractivity contribution in [2.24, 2.45) is 5.92 Å². The first-order valence-corrected chi connectivity index (χ1v) is 11.2. The highest BCUT2D eigenvalue weighted by molar-refractivity contribution is 6.22. The number of fused-ring (bicyclic) bond motifs is 1. The lowest BCUT2D eigenvalue weighted by molar-refractivity contribution is 0.0507. The van der Waals surface area contributed by atoms with Crippen LogP contribution in [0.1, 0.15) is 75.0 Å². The number of benzene rings is 1. The summed E-state index contributed by atoms with van der Waals surface area (Å²) in [5.41, 5.74) is 0.902. The van der Waals surface area contributed by atoms with Crippen LogP contribution in [0, 0.1) is 5.92 Å². The number of carbonyl (C=O) groups excluding carboxylic acids is 4. The fraction of sp³-hybridized carbons (Fsp3) is 0.400. The van der Waals surface area contributed by atoms with E-state index in [1.807, 2.05) is 4.90 Å². The molecule has 0 bridgehead atoms. The molecule has 2 aliphatic heterocycles. The molecule has 0 saturated carbocycles. The largest absolute Gasteiger partial charge is 0.352 e. The van der Waals surface area contributed by atoms with Crippen molar-refractivity contribution in [1.82, 2.24) is 20.1 Å².